The fraction of sp³-hybridized carbons (Fsp3) is 0.800. The third-order valence-corrected chi connectivity index (χ3v) is 8.32. The lowest BCUT2D eigenvalue weighted by Crippen LogP contribution is -2.56. The first-order valence-electron chi connectivity index (χ1n) is 13.5. The molecule has 13 heteroatoms. The van der Waals surface area contributed by atoms with E-state index < -0.39 is 54.5 Å². The Hall–Kier alpha value is -2.70. The van der Waals surface area contributed by atoms with Crippen LogP contribution in [-0.4, -0.2) is 78.5 Å². The van der Waals surface area contributed by atoms with E-state index in [0.717, 1.165) is 44.9 Å². The maximum Gasteiger partial charge on any atom is 0.522 e. The van der Waals surface area contributed by atoms with Crippen LogP contribution >= 0.6 is 0 Å². The van der Waals surface area contributed by atoms with E-state index in [-0.39, 0.29) is 36.8 Å². The summed E-state index contributed by atoms with van der Waals surface area (Å²) in [6.07, 6.45) is 2.01. The van der Waals surface area contributed by atoms with E-state index in [1.54, 1.807) is 0 Å². The topological polar surface area (TPSA) is 134 Å². The van der Waals surface area contributed by atoms with Gasteiger partial charge in [-0.2, -0.15) is 0 Å². The van der Waals surface area contributed by atoms with Gasteiger partial charge in [0.25, 0.3) is 0 Å². The number of ketones is 1. The average Bonchev–Trinajstić information content (AvgIpc) is 3.58. The normalized spacial score (nSPS) is 28.5. The monoisotopic (exact) mass is 544 g/mol. The van der Waals surface area contributed by atoms with Crippen LogP contribution in [0.1, 0.15) is 64.2 Å². The van der Waals surface area contributed by atoms with Gasteiger partial charge in [0.05, 0.1) is 6.04 Å². The second-order valence-electron chi connectivity index (χ2n) is 10.8. The van der Waals surface area contributed by atoms with Crippen molar-refractivity contribution in [2.45, 2.75) is 88.7 Å². The first-order chi connectivity index (χ1) is 18.0. The first-order valence-corrected chi connectivity index (χ1v) is 13.5. The van der Waals surface area contributed by atoms with E-state index >= 15 is 0 Å². The Bertz CT molecular complexity index is 939. The Kier molecular flexibility index (Phi) is 8.94. The predicted octanol–water partition coefficient (Wildman–Crippen LogP) is 1.18. The molecule has 4 aliphatic rings. The zero-order valence-electron chi connectivity index (χ0n) is 21.2. The van der Waals surface area contributed by atoms with Crippen LogP contribution < -0.4 is 16.0 Å². The van der Waals surface area contributed by atoms with E-state index in [0.29, 0.717) is 19.4 Å². The van der Waals surface area contributed by atoms with Gasteiger partial charge in [0.1, 0.15) is 12.6 Å². The van der Waals surface area contributed by atoms with Gasteiger partial charge >= 0.3 is 18.2 Å². The molecule has 10 nitrogen and oxygen atoms in total. The SMILES string of the molecule is O=C(NC1CCCCC1)C(=O)N1CC2CCCC2C1C(=O)NC(CC1CCNC1=O)C(=O)COC(F)(F)F. The number of likely N-dealkylation sites (tertiary alicyclic amines) is 1. The van der Waals surface area contributed by atoms with E-state index in [1.165, 1.54) is 4.90 Å². The molecule has 212 valence electrons. The molecule has 5 atom stereocenters. The minimum Gasteiger partial charge on any atom is -0.356 e. The summed E-state index contributed by atoms with van der Waals surface area (Å²) in [5.41, 5.74) is 0. The van der Waals surface area contributed by atoms with Crippen LogP contribution in [0.3, 0.4) is 0 Å². The van der Waals surface area contributed by atoms with Crippen LogP contribution in [-0.2, 0) is 28.7 Å². The molecule has 4 amide bonds. The molecule has 2 saturated carbocycles. The summed E-state index contributed by atoms with van der Waals surface area (Å²) >= 11 is 0. The fourth-order valence-corrected chi connectivity index (χ4v) is 6.41. The van der Waals surface area contributed by atoms with Crippen molar-refractivity contribution >= 4 is 29.4 Å². The quantitative estimate of drug-likeness (QED) is 0.393. The van der Waals surface area contributed by atoms with Gasteiger partial charge < -0.3 is 20.9 Å². The largest absolute Gasteiger partial charge is 0.522 e. The molecule has 2 aliphatic carbocycles. The molecule has 5 unspecified atom stereocenters. The lowest BCUT2D eigenvalue weighted by Gasteiger charge is -2.30. The number of nitrogens with one attached hydrogen (secondary N) is 3. The number of nitrogens with zero attached hydrogens (tertiary/aromatic N) is 1. The van der Waals surface area contributed by atoms with Gasteiger partial charge in [-0.15, -0.1) is 13.2 Å². The van der Waals surface area contributed by atoms with E-state index in [9.17, 15) is 37.1 Å². The van der Waals surface area contributed by atoms with E-state index in [1.807, 2.05) is 0 Å². The zero-order chi connectivity index (χ0) is 27.4. The first kappa shape index (κ1) is 28.3. The van der Waals surface area contributed by atoms with E-state index in [4.69, 9.17) is 0 Å². The summed E-state index contributed by atoms with van der Waals surface area (Å²) in [7, 11) is 0. The van der Waals surface area contributed by atoms with Crippen molar-refractivity contribution in [2.75, 3.05) is 19.7 Å². The molecule has 4 fully saturated rings. The second-order valence-corrected chi connectivity index (χ2v) is 10.8. The highest BCUT2D eigenvalue weighted by Gasteiger charge is 2.51. The van der Waals surface area contributed by atoms with Crippen LogP contribution in [0.4, 0.5) is 13.2 Å². The Labute approximate surface area is 218 Å². The lowest BCUT2D eigenvalue weighted by atomic mass is 9.92. The van der Waals surface area contributed by atoms with Crippen molar-refractivity contribution < 1.29 is 41.9 Å². The van der Waals surface area contributed by atoms with Crippen LogP contribution in [0, 0.1) is 17.8 Å². The number of carbonyl (C=O) groups is 5. The second kappa shape index (κ2) is 12.0. The number of Topliss-reactive ketones (excluding diaryl/α,β-unsaturated/α-hetero) is 1. The zero-order valence-corrected chi connectivity index (χ0v) is 21.2. The lowest BCUT2D eigenvalue weighted by molar-refractivity contribution is -0.321. The molecular weight excluding hydrogens is 509 g/mol. The van der Waals surface area contributed by atoms with Crippen LogP contribution in [0.2, 0.25) is 0 Å². The number of fused-ring (bicyclic) bond motifs is 1. The van der Waals surface area contributed by atoms with Gasteiger partial charge in [0.2, 0.25) is 11.8 Å². The molecule has 38 heavy (non-hydrogen) atoms. The van der Waals surface area contributed by atoms with Crippen molar-refractivity contribution in [3.05, 3.63) is 0 Å². The Morgan fingerprint density at radius 3 is 2.42 bits per heavy atom. The minimum atomic E-state index is -5.04. The van der Waals surface area contributed by atoms with Crippen molar-refractivity contribution in [3.63, 3.8) is 0 Å². The van der Waals surface area contributed by atoms with Gasteiger partial charge in [0, 0.05) is 25.0 Å². The van der Waals surface area contributed by atoms with Crippen molar-refractivity contribution in [2.24, 2.45) is 17.8 Å². The molecule has 0 radical (unpaired) electrons. The molecule has 2 heterocycles. The fourth-order valence-electron chi connectivity index (χ4n) is 6.41. The maximum absolute atomic E-state index is 13.5. The molecule has 0 spiro atoms. The summed E-state index contributed by atoms with van der Waals surface area (Å²) in [6, 6.07) is -2.53. The molecule has 0 aromatic rings. The highest BCUT2D eigenvalue weighted by atomic mass is 19.4. The van der Waals surface area contributed by atoms with Crippen LogP contribution in [0.15, 0.2) is 0 Å². The number of ether oxygens (including phenoxy) is 1. The summed E-state index contributed by atoms with van der Waals surface area (Å²) in [4.78, 5) is 65.5. The number of carbonyl (C=O) groups excluding carboxylic acids is 5. The smallest absolute Gasteiger partial charge is 0.356 e. The van der Waals surface area contributed by atoms with Crippen LogP contribution in [0.5, 0.6) is 0 Å². The third-order valence-electron chi connectivity index (χ3n) is 8.32. The van der Waals surface area contributed by atoms with Gasteiger partial charge in [-0.05, 0) is 50.4 Å². The summed E-state index contributed by atoms with van der Waals surface area (Å²) in [6.45, 7) is -0.728. The molecule has 3 N–H and O–H groups in total. The Morgan fingerprint density at radius 1 is 1.03 bits per heavy atom. The molecule has 0 bridgehead atoms. The molecule has 0 aromatic heterocycles. The summed E-state index contributed by atoms with van der Waals surface area (Å²) < 4.78 is 41.4. The Balaban J connectivity index is 1.47. The van der Waals surface area contributed by atoms with E-state index in [2.05, 4.69) is 20.7 Å². The number of hydrogen-bond acceptors (Lipinski definition) is 6. The summed E-state index contributed by atoms with van der Waals surface area (Å²) in [5, 5.41) is 7.90. The number of hydrogen-bond donors (Lipinski definition) is 3. The van der Waals surface area contributed by atoms with Crippen molar-refractivity contribution in [3.8, 4) is 0 Å². The number of alkyl halides is 3. The number of rotatable bonds is 8. The van der Waals surface area contributed by atoms with Crippen LogP contribution in [0.25, 0.3) is 0 Å². The highest BCUT2D eigenvalue weighted by Crippen LogP contribution is 2.42. The molecule has 2 saturated heterocycles. The summed E-state index contributed by atoms with van der Waals surface area (Å²) in [5.74, 6) is -4.53. The van der Waals surface area contributed by atoms with Crippen molar-refractivity contribution in [1.82, 2.24) is 20.9 Å². The molecule has 2 aliphatic heterocycles. The predicted molar refractivity (Wildman–Crippen MR) is 126 cm³/mol. The molecular formula is C25H35F3N4O6. The standard InChI is InChI=1S/C25H35F3N4O6/c26-25(27,28)38-13-19(33)18(11-14-9-10-29-21(14)34)31-22(35)20-17-8-4-5-15(17)12-32(20)24(37)23(36)30-16-6-2-1-3-7-16/h14-18,20H,1-13H2,(H,29,34)(H,30,36)(H,31,35). The third kappa shape index (κ3) is 6.83. The number of amides is 4. The molecule has 0 aromatic carbocycles. The van der Waals surface area contributed by atoms with Gasteiger partial charge in [-0.25, -0.2) is 0 Å². The van der Waals surface area contributed by atoms with Gasteiger partial charge in [0.15, 0.2) is 5.78 Å². The number of halogens is 3. The highest BCUT2D eigenvalue weighted by molar-refractivity contribution is 6.35. The minimum absolute atomic E-state index is 0.0144. The van der Waals surface area contributed by atoms with Gasteiger partial charge in [-0.3, -0.25) is 28.7 Å². The molecule has 4 rings (SSSR count). The average molecular weight is 545 g/mol. The van der Waals surface area contributed by atoms with Gasteiger partial charge in [-0.1, -0.05) is 25.7 Å². The Morgan fingerprint density at radius 2 is 1.76 bits per heavy atom. The maximum atomic E-state index is 13.5. The van der Waals surface area contributed by atoms with Crippen molar-refractivity contribution in [1.29, 1.82) is 0 Å².